The van der Waals surface area contributed by atoms with Crippen LogP contribution in [0.15, 0.2) is 0 Å². The van der Waals surface area contributed by atoms with Gasteiger partial charge in [0.05, 0.1) is 0 Å². The summed E-state index contributed by atoms with van der Waals surface area (Å²) in [5.41, 5.74) is -0.602. The summed E-state index contributed by atoms with van der Waals surface area (Å²) in [6, 6.07) is 0. The summed E-state index contributed by atoms with van der Waals surface area (Å²) >= 11 is 7.47. The van der Waals surface area contributed by atoms with E-state index in [4.69, 9.17) is 11.6 Å². The highest BCUT2D eigenvalue weighted by atomic mass is 35.5. The normalized spacial score (nSPS) is 47.0. The number of halogens is 1. The van der Waals surface area contributed by atoms with Gasteiger partial charge < -0.3 is 10.2 Å². The summed E-state index contributed by atoms with van der Waals surface area (Å²) in [4.78, 5) is 0. The van der Waals surface area contributed by atoms with Crippen molar-refractivity contribution in [2.24, 2.45) is 5.92 Å². The second-order valence-corrected chi connectivity index (χ2v) is 6.43. The molecule has 3 atom stereocenters. The molecule has 0 spiro atoms. The molecular weight excluding hydrogens is 234 g/mol. The zero-order chi connectivity index (χ0) is 10.8. The van der Waals surface area contributed by atoms with E-state index in [1.165, 1.54) is 11.8 Å². The molecule has 0 amide bonds. The smallest absolute Gasteiger partial charge is 0.155 e. The third-order valence-electron chi connectivity index (χ3n) is 3.31. The second-order valence-electron chi connectivity index (χ2n) is 4.49. The van der Waals surface area contributed by atoms with Crippen molar-refractivity contribution in [3.05, 3.63) is 0 Å². The molecule has 1 saturated carbocycles. The van der Waals surface area contributed by atoms with Crippen molar-refractivity contribution in [2.75, 3.05) is 0 Å². The number of aliphatic hydroxyl groups excluding tert-OH is 2. The van der Waals surface area contributed by atoms with Crippen molar-refractivity contribution in [1.29, 1.82) is 0 Å². The third kappa shape index (κ3) is 3.24. The topological polar surface area (TPSA) is 52.5 Å². The van der Waals surface area contributed by atoms with Crippen LogP contribution in [-0.2, 0) is 0 Å². The molecule has 1 aliphatic carbocycles. The lowest BCUT2D eigenvalue weighted by Crippen LogP contribution is -2.33. The van der Waals surface area contributed by atoms with E-state index in [1.54, 1.807) is 0 Å². The quantitative estimate of drug-likeness (QED) is 0.651. The lowest BCUT2D eigenvalue weighted by atomic mass is 9.85. The molecule has 3 N–H and O–H groups in total. The molecule has 1 aliphatic heterocycles. The lowest BCUT2D eigenvalue weighted by Gasteiger charge is -2.27. The highest BCUT2D eigenvalue weighted by Gasteiger charge is 2.34. The van der Waals surface area contributed by atoms with Crippen LogP contribution < -0.4 is 5.32 Å². The molecule has 2 fully saturated rings. The Balaban J connectivity index is 1.77. The molecule has 0 aromatic rings. The lowest BCUT2D eigenvalue weighted by molar-refractivity contribution is 0.0933. The average molecular weight is 252 g/mol. The van der Waals surface area contributed by atoms with Crippen LogP contribution in [0.5, 0.6) is 0 Å². The molecule has 1 heterocycles. The maximum Gasteiger partial charge on any atom is 0.155 e. The number of rotatable bonds is 2. The van der Waals surface area contributed by atoms with Crippen molar-refractivity contribution in [3.63, 3.8) is 0 Å². The summed E-state index contributed by atoms with van der Waals surface area (Å²) in [6.07, 6.45) is 4.94. The molecule has 2 rings (SSSR count). The van der Waals surface area contributed by atoms with E-state index in [-0.39, 0.29) is 5.25 Å². The van der Waals surface area contributed by atoms with Gasteiger partial charge in [0, 0.05) is 10.6 Å². The van der Waals surface area contributed by atoms with Gasteiger partial charge in [-0.3, -0.25) is 5.32 Å². The van der Waals surface area contributed by atoms with Crippen LogP contribution in [0.2, 0.25) is 0 Å². The molecule has 2 aliphatic rings. The van der Waals surface area contributed by atoms with E-state index in [1.807, 2.05) is 0 Å². The molecule has 0 aromatic heterocycles. The Morgan fingerprint density at radius 3 is 2.40 bits per heavy atom. The van der Waals surface area contributed by atoms with Gasteiger partial charge in [-0.15, -0.1) is 23.4 Å². The zero-order valence-corrected chi connectivity index (χ0v) is 10.2. The monoisotopic (exact) mass is 251 g/mol. The van der Waals surface area contributed by atoms with Crippen LogP contribution >= 0.6 is 23.4 Å². The van der Waals surface area contributed by atoms with E-state index >= 15 is 0 Å². The maximum atomic E-state index is 9.62. The minimum atomic E-state index is -0.602. The number of nitrogens with one attached hydrogen (secondary N) is 1. The fourth-order valence-corrected chi connectivity index (χ4v) is 3.81. The number of alkyl halides is 1. The van der Waals surface area contributed by atoms with E-state index in [2.05, 4.69) is 5.32 Å². The van der Waals surface area contributed by atoms with Crippen molar-refractivity contribution in [1.82, 2.24) is 5.32 Å². The predicted octanol–water partition coefficient (Wildman–Crippen LogP) is 1.47. The van der Waals surface area contributed by atoms with Gasteiger partial charge in [-0.25, -0.2) is 0 Å². The summed E-state index contributed by atoms with van der Waals surface area (Å²) < 4.78 is 0. The minimum Gasteiger partial charge on any atom is -0.377 e. The Labute approximate surface area is 99.6 Å². The Bertz CT molecular complexity index is 212. The molecule has 15 heavy (non-hydrogen) atoms. The number of thioether (sulfide) groups is 1. The molecule has 5 heteroatoms. The SMILES string of the molecule is OC1NC(O)C(CC2CCC(Cl)CC2)S1. The molecule has 3 unspecified atom stereocenters. The van der Waals surface area contributed by atoms with Gasteiger partial charge in [0.1, 0.15) is 6.23 Å². The van der Waals surface area contributed by atoms with Crippen LogP contribution in [0.25, 0.3) is 0 Å². The molecule has 0 aromatic carbocycles. The number of aliphatic hydroxyl groups is 2. The van der Waals surface area contributed by atoms with Crippen molar-refractivity contribution >= 4 is 23.4 Å². The summed E-state index contributed by atoms with van der Waals surface area (Å²) in [6.45, 7) is 0. The largest absolute Gasteiger partial charge is 0.377 e. The van der Waals surface area contributed by atoms with Gasteiger partial charge in [0.15, 0.2) is 5.56 Å². The molecule has 0 radical (unpaired) electrons. The Morgan fingerprint density at radius 1 is 1.20 bits per heavy atom. The first kappa shape index (κ1) is 12.0. The van der Waals surface area contributed by atoms with E-state index in [9.17, 15) is 10.2 Å². The minimum absolute atomic E-state index is 0.136. The van der Waals surface area contributed by atoms with E-state index < -0.39 is 11.8 Å². The second kappa shape index (κ2) is 5.23. The van der Waals surface area contributed by atoms with Gasteiger partial charge in [-0.2, -0.15) is 0 Å². The molecule has 88 valence electrons. The van der Waals surface area contributed by atoms with E-state index in [0.717, 1.165) is 32.1 Å². The first-order valence-electron chi connectivity index (χ1n) is 5.57. The van der Waals surface area contributed by atoms with Gasteiger partial charge in [-0.05, 0) is 38.0 Å². The summed E-state index contributed by atoms with van der Waals surface area (Å²) in [5.74, 6) is 0.666. The van der Waals surface area contributed by atoms with Gasteiger partial charge >= 0.3 is 0 Å². The fourth-order valence-electron chi connectivity index (χ4n) is 2.40. The van der Waals surface area contributed by atoms with Crippen LogP contribution in [0.1, 0.15) is 32.1 Å². The third-order valence-corrected chi connectivity index (χ3v) is 4.94. The highest BCUT2D eigenvalue weighted by Crippen LogP contribution is 2.36. The van der Waals surface area contributed by atoms with Crippen LogP contribution in [0, 0.1) is 5.92 Å². The molecule has 0 bridgehead atoms. The summed E-state index contributed by atoms with van der Waals surface area (Å²) in [5, 5.41) is 22.1. The summed E-state index contributed by atoms with van der Waals surface area (Å²) in [7, 11) is 0. The zero-order valence-electron chi connectivity index (χ0n) is 8.60. The standard InChI is InChI=1S/C10H18ClNO2S/c11-7-3-1-6(2-4-7)5-8-9(13)12-10(14)15-8/h6-10,12-14H,1-5H2. The Kier molecular flexibility index (Phi) is 4.18. The van der Waals surface area contributed by atoms with Crippen LogP contribution in [-0.4, -0.2) is 32.6 Å². The Hall–Kier alpha value is 0.520. The number of hydrogen-bond donors (Lipinski definition) is 3. The fraction of sp³-hybridized carbons (Fsp3) is 1.00. The van der Waals surface area contributed by atoms with Crippen LogP contribution in [0.3, 0.4) is 0 Å². The van der Waals surface area contributed by atoms with Gasteiger partial charge in [0.2, 0.25) is 0 Å². The van der Waals surface area contributed by atoms with Gasteiger partial charge in [0.25, 0.3) is 0 Å². The van der Waals surface area contributed by atoms with Crippen molar-refractivity contribution < 1.29 is 10.2 Å². The predicted molar refractivity (Wildman–Crippen MR) is 62.7 cm³/mol. The first-order valence-corrected chi connectivity index (χ1v) is 6.95. The highest BCUT2D eigenvalue weighted by molar-refractivity contribution is 8.00. The van der Waals surface area contributed by atoms with Crippen molar-refractivity contribution in [3.8, 4) is 0 Å². The Morgan fingerprint density at radius 2 is 1.87 bits per heavy atom. The molecular formula is C10H18ClNO2S. The van der Waals surface area contributed by atoms with Crippen LogP contribution in [0.4, 0.5) is 0 Å². The average Bonchev–Trinajstić information content (AvgIpc) is 2.49. The van der Waals surface area contributed by atoms with Gasteiger partial charge in [-0.1, -0.05) is 0 Å². The van der Waals surface area contributed by atoms with E-state index in [0.29, 0.717) is 11.3 Å². The molecule has 3 nitrogen and oxygen atoms in total. The molecule has 1 saturated heterocycles. The first-order chi connectivity index (χ1) is 7.15. The maximum absolute atomic E-state index is 9.62. The number of hydrogen-bond acceptors (Lipinski definition) is 4. The van der Waals surface area contributed by atoms with Crippen molar-refractivity contribution in [2.45, 2.75) is 54.5 Å².